The third-order valence-corrected chi connectivity index (χ3v) is 3.86. The van der Waals surface area contributed by atoms with Gasteiger partial charge in [0.2, 0.25) is 12.0 Å². The minimum atomic E-state index is -4.62. The van der Waals surface area contributed by atoms with Crippen molar-refractivity contribution in [2.24, 2.45) is 0 Å². The predicted octanol–water partition coefficient (Wildman–Crippen LogP) is 1.61. The van der Waals surface area contributed by atoms with E-state index in [1.807, 2.05) is 0 Å². The van der Waals surface area contributed by atoms with Crippen molar-refractivity contribution in [3.63, 3.8) is 0 Å². The second-order valence-corrected chi connectivity index (χ2v) is 5.82. The summed E-state index contributed by atoms with van der Waals surface area (Å²) >= 11 is 0. The van der Waals surface area contributed by atoms with Gasteiger partial charge in [0, 0.05) is 12.6 Å². The summed E-state index contributed by atoms with van der Waals surface area (Å²) in [5, 5.41) is 12.6. The van der Waals surface area contributed by atoms with Crippen LogP contribution in [0.25, 0.3) is 0 Å². The average molecular weight is 338 g/mol. The Labute approximate surface area is 124 Å². The number of nitrogens with one attached hydrogen (secondary N) is 1. The number of hydrogen-bond acceptors (Lipinski definition) is 6. The molecule has 0 radical (unpaired) electrons. The van der Waals surface area contributed by atoms with Gasteiger partial charge in [0.15, 0.2) is 0 Å². The second-order valence-electron chi connectivity index (χ2n) is 4.24. The van der Waals surface area contributed by atoms with Crippen molar-refractivity contribution in [3.05, 3.63) is 34.4 Å². The highest BCUT2D eigenvalue weighted by molar-refractivity contribution is 7.86. The van der Waals surface area contributed by atoms with Crippen LogP contribution in [0.4, 0.5) is 14.5 Å². The van der Waals surface area contributed by atoms with Gasteiger partial charge in [0.25, 0.3) is 10.1 Å². The molecule has 1 amide bonds. The lowest BCUT2D eigenvalue weighted by atomic mass is 10.3. The number of benzene rings is 1. The molecule has 1 N–H and O–H groups in total. The van der Waals surface area contributed by atoms with E-state index in [1.165, 1.54) is 19.1 Å². The zero-order chi connectivity index (χ0) is 17.1. The minimum Gasteiger partial charge on any atom is -0.326 e. The van der Waals surface area contributed by atoms with Crippen LogP contribution in [-0.4, -0.2) is 31.4 Å². The smallest absolute Gasteiger partial charge is 0.326 e. The standard InChI is InChI=1S/C11H12F2N2O6S/c1-7(11(12,13)15(17)18)21-22(19,20)10-5-3-9(4-6-10)14-8(2)16/h3-7H,1-2H3,(H,14,16)/t7-/m1/s1. The van der Waals surface area contributed by atoms with Gasteiger partial charge in [-0.3, -0.25) is 14.9 Å². The molecule has 0 aliphatic heterocycles. The van der Waals surface area contributed by atoms with Gasteiger partial charge in [-0.05, 0) is 31.2 Å². The molecule has 0 aromatic heterocycles. The summed E-state index contributed by atoms with van der Waals surface area (Å²) in [6.45, 7) is 1.82. The molecule has 0 aliphatic carbocycles. The van der Waals surface area contributed by atoms with Crippen LogP contribution in [-0.2, 0) is 19.1 Å². The van der Waals surface area contributed by atoms with E-state index in [0.29, 0.717) is 6.92 Å². The number of hydrogen-bond donors (Lipinski definition) is 1. The summed E-state index contributed by atoms with van der Waals surface area (Å²) in [7, 11) is -4.62. The second kappa shape index (κ2) is 6.32. The van der Waals surface area contributed by atoms with Crippen LogP contribution < -0.4 is 5.32 Å². The molecule has 1 rings (SSSR count). The lowest BCUT2D eigenvalue weighted by Crippen LogP contribution is -2.41. The number of anilines is 1. The van der Waals surface area contributed by atoms with Gasteiger partial charge < -0.3 is 5.32 Å². The fourth-order valence-electron chi connectivity index (χ4n) is 1.36. The molecule has 0 saturated carbocycles. The van der Waals surface area contributed by atoms with E-state index in [4.69, 9.17) is 0 Å². The molecule has 0 fully saturated rings. The Bertz CT molecular complexity index is 674. The molecule has 122 valence electrons. The van der Waals surface area contributed by atoms with Crippen molar-refractivity contribution in [2.45, 2.75) is 30.9 Å². The van der Waals surface area contributed by atoms with Gasteiger partial charge in [-0.1, -0.05) is 0 Å². The maximum absolute atomic E-state index is 13.1. The highest BCUT2D eigenvalue weighted by Crippen LogP contribution is 2.26. The molecule has 0 heterocycles. The highest BCUT2D eigenvalue weighted by Gasteiger charge is 2.53. The number of halogens is 2. The topological polar surface area (TPSA) is 116 Å². The van der Waals surface area contributed by atoms with Crippen molar-refractivity contribution in [3.8, 4) is 0 Å². The summed E-state index contributed by atoms with van der Waals surface area (Å²) in [5.41, 5.74) is 0.287. The van der Waals surface area contributed by atoms with Crippen LogP contribution in [0.2, 0.25) is 0 Å². The minimum absolute atomic E-state index is 0.287. The average Bonchev–Trinajstić information content (AvgIpc) is 2.37. The van der Waals surface area contributed by atoms with Gasteiger partial charge >= 0.3 is 6.05 Å². The normalized spacial score (nSPS) is 13.5. The molecule has 1 aromatic rings. The molecule has 1 atom stereocenters. The molecule has 1 aromatic carbocycles. The Hall–Kier alpha value is -2.14. The first kappa shape index (κ1) is 17.9. The molecule has 0 spiro atoms. The fraction of sp³-hybridized carbons (Fsp3) is 0.364. The maximum Gasteiger partial charge on any atom is 0.538 e. The number of nitrogens with zero attached hydrogens (tertiary/aromatic N) is 1. The van der Waals surface area contributed by atoms with E-state index in [9.17, 15) is 32.1 Å². The first-order valence-corrected chi connectivity index (χ1v) is 7.21. The summed E-state index contributed by atoms with van der Waals surface area (Å²) in [6, 6.07) is -0.0969. The number of carbonyl (C=O) groups is 1. The summed E-state index contributed by atoms with van der Waals surface area (Å²) in [5.74, 6) is -0.383. The summed E-state index contributed by atoms with van der Waals surface area (Å²) in [4.78, 5) is 18.6. The van der Waals surface area contributed by atoms with Crippen LogP contribution in [0, 0.1) is 10.1 Å². The Morgan fingerprint density at radius 2 is 1.86 bits per heavy atom. The number of rotatable bonds is 6. The Kier molecular flexibility index (Phi) is 5.14. The lowest BCUT2D eigenvalue weighted by molar-refractivity contribution is -0.654. The zero-order valence-electron chi connectivity index (χ0n) is 11.4. The SMILES string of the molecule is CC(=O)Nc1ccc(S(=O)(=O)O[C@H](C)C(F)(F)[N+](=O)[O-])cc1. The largest absolute Gasteiger partial charge is 0.538 e. The van der Waals surface area contributed by atoms with E-state index in [-0.39, 0.29) is 11.6 Å². The van der Waals surface area contributed by atoms with E-state index >= 15 is 0 Å². The molecular formula is C11H12F2N2O6S. The summed E-state index contributed by atoms with van der Waals surface area (Å²) in [6.07, 6.45) is -2.48. The molecule has 22 heavy (non-hydrogen) atoms. The van der Waals surface area contributed by atoms with E-state index in [0.717, 1.165) is 12.1 Å². The molecule has 0 saturated heterocycles. The van der Waals surface area contributed by atoms with Gasteiger partial charge in [0.05, 0.1) is 9.82 Å². The van der Waals surface area contributed by atoms with Crippen molar-refractivity contribution in [1.29, 1.82) is 0 Å². The zero-order valence-corrected chi connectivity index (χ0v) is 12.3. The molecule has 0 unspecified atom stereocenters. The van der Waals surface area contributed by atoms with Crippen molar-refractivity contribution < 1.29 is 31.1 Å². The monoisotopic (exact) mass is 338 g/mol. The highest BCUT2D eigenvalue weighted by atomic mass is 32.2. The lowest BCUT2D eigenvalue weighted by Gasteiger charge is -2.15. The first-order valence-electron chi connectivity index (χ1n) is 5.80. The van der Waals surface area contributed by atoms with Crippen LogP contribution in [0.1, 0.15) is 13.8 Å². The third kappa shape index (κ3) is 4.18. The van der Waals surface area contributed by atoms with Crippen molar-refractivity contribution in [1.82, 2.24) is 0 Å². The number of nitro groups is 1. The first-order chi connectivity index (χ1) is 9.96. The molecular weight excluding hydrogens is 326 g/mol. The number of carbonyl (C=O) groups excluding carboxylic acids is 1. The number of amides is 1. The molecule has 0 aliphatic rings. The Morgan fingerprint density at radius 1 is 1.36 bits per heavy atom. The molecule has 8 nitrogen and oxygen atoms in total. The Balaban J connectivity index is 2.95. The van der Waals surface area contributed by atoms with E-state index in [2.05, 4.69) is 9.50 Å². The summed E-state index contributed by atoms with van der Waals surface area (Å²) < 4.78 is 53.8. The van der Waals surface area contributed by atoms with Crippen LogP contribution in [0.15, 0.2) is 29.2 Å². The van der Waals surface area contributed by atoms with Gasteiger partial charge in [-0.2, -0.15) is 8.42 Å². The molecule has 0 bridgehead atoms. The molecule has 11 heteroatoms. The maximum atomic E-state index is 13.1. The van der Waals surface area contributed by atoms with E-state index in [1.54, 1.807) is 0 Å². The Morgan fingerprint density at radius 3 is 2.27 bits per heavy atom. The van der Waals surface area contributed by atoms with Gasteiger partial charge in [-0.15, -0.1) is 8.78 Å². The quantitative estimate of drug-likeness (QED) is 0.365. The van der Waals surface area contributed by atoms with Crippen molar-refractivity contribution >= 4 is 21.7 Å². The predicted molar refractivity (Wildman–Crippen MR) is 70.4 cm³/mol. The number of alkyl halides is 2. The van der Waals surface area contributed by atoms with Gasteiger partial charge in [0.1, 0.15) is 0 Å². The van der Waals surface area contributed by atoms with Gasteiger partial charge in [-0.25, -0.2) is 4.18 Å². The van der Waals surface area contributed by atoms with Crippen LogP contribution in [0.3, 0.4) is 0 Å². The van der Waals surface area contributed by atoms with E-state index < -0.39 is 32.1 Å². The van der Waals surface area contributed by atoms with Crippen molar-refractivity contribution in [2.75, 3.05) is 5.32 Å². The fourth-order valence-corrected chi connectivity index (χ4v) is 2.44. The van der Waals surface area contributed by atoms with Crippen LogP contribution >= 0.6 is 0 Å². The van der Waals surface area contributed by atoms with Crippen LogP contribution in [0.5, 0.6) is 0 Å². The third-order valence-electron chi connectivity index (χ3n) is 2.47.